The summed E-state index contributed by atoms with van der Waals surface area (Å²) in [4.78, 5) is 25.3. The summed E-state index contributed by atoms with van der Waals surface area (Å²) in [7, 11) is 1.64. The first-order valence-electron chi connectivity index (χ1n) is 9.63. The van der Waals surface area contributed by atoms with Gasteiger partial charge in [0, 0.05) is 24.5 Å². The summed E-state index contributed by atoms with van der Waals surface area (Å²) in [6, 6.07) is 7.73. The summed E-state index contributed by atoms with van der Waals surface area (Å²) in [5, 5.41) is 7.23. The number of ether oxygens (including phenoxy) is 2. The third kappa shape index (κ3) is 4.76. The third-order valence-electron chi connectivity index (χ3n) is 4.66. The number of carbonyl (C=O) groups is 2. The normalized spacial score (nSPS) is 15.4. The quantitative estimate of drug-likeness (QED) is 0.772. The monoisotopic (exact) mass is 400 g/mol. The highest BCUT2D eigenvalue weighted by Gasteiger charge is 2.26. The molecule has 3 rings (SSSR count). The average Bonchev–Trinajstić information content (AvgIpc) is 3.24. The summed E-state index contributed by atoms with van der Waals surface area (Å²) in [6.07, 6.45) is 0.690. The van der Waals surface area contributed by atoms with Crippen molar-refractivity contribution >= 4 is 17.7 Å². The predicted octanol–water partition coefficient (Wildman–Crippen LogP) is 3.79. The standard InChI is InChI=1S/C21H28N4O4/c1-13(24(6)20(27)29-21(3,4)5)28-14(2)25-18(9-10-22-25)15-7-8-17-16(11-15)12-19(26)23-17/h7-11,13-14H,12H2,1-6H3,(H,23,26). The molecule has 8 nitrogen and oxygen atoms in total. The van der Waals surface area contributed by atoms with Crippen molar-refractivity contribution in [3.8, 4) is 11.3 Å². The highest BCUT2D eigenvalue weighted by atomic mass is 16.6. The minimum Gasteiger partial charge on any atom is -0.444 e. The molecular weight excluding hydrogens is 372 g/mol. The summed E-state index contributed by atoms with van der Waals surface area (Å²) in [5.74, 6) is 0.00126. The molecule has 0 saturated heterocycles. The van der Waals surface area contributed by atoms with E-state index in [0.717, 1.165) is 22.5 Å². The van der Waals surface area contributed by atoms with E-state index >= 15 is 0 Å². The van der Waals surface area contributed by atoms with Crippen molar-refractivity contribution in [3.63, 3.8) is 0 Å². The number of benzene rings is 1. The van der Waals surface area contributed by atoms with Crippen molar-refractivity contribution in [2.24, 2.45) is 0 Å². The highest BCUT2D eigenvalue weighted by molar-refractivity contribution is 5.99. The summed E-state index contributed by atoms with van der Waals surface area (Å²) in [6.45, 7) is 9.12. The Morgan fingerprint density at radius 1 is 1.28 bits per heavy atom. The summed E-state index contributed by atoms with van der Waals surface area (Å²) < 4.78 is 13.2. The zero-order valence-corrected chi connectivity index (χ0v) is 17.7. The molecule has 0 bridgehead atoms. The van der Waals surface area contributed by atoms with Crippen LogP contribution in [0.1, 0.15) is 46.4 Å². The van der Waals surface area contributed by atoms with Crippen molar-refractivity contribution in [1.29, 1.82) is 0 Å². The van der Waals surface area contributed by atoms with Crippen LogP contribution in [-0.4, -0.2) is 45.6 Å². The van der Waals surface area contributed by atoms with E-state index in [-0.39, 0.29) is 5.91 Å². The number of rotatable bonds is 5. The molecule has 2 aromatic rings. The molecule has 156 valence electrons. The Balaban J connectivity index is 1.73. The number of nitrogens with one attached hydrogen (secondary N) is 1. The van der Waals surface area contributed by atoms with Gasteiger partial charge < -0.3 is 14.8 Å². The van der Waals surface area contributed by atoms with E-state index in [2.05, 4.69) is 10.4 Å². The minimum absolute atomic E-state index is 0.00126. The molecule has 2 unspecified atom stereocenters. The number of hydrogen-bond acceptors (Lipinski definition) is 5. The molecule has 8 heteroatoms. The van der Waals surface area contributed by atoms with Gasteiger partial charge in [-0.1, -0.05) is 6.07 Å². The van der Waals surface area contributed by atoms with E-state index in [1.165, 1.54) is 4.90 Å². The SMILES string of the molecule is CC(OC(C)n1nccc1-c1ccc2c(c1)CC(=O)N2)N(C)C(=O)OC(C)(C)C. The molecule has 1 aromatic carbocycles. The number of carbonyl (C=O) groups excluding carboxylic acids is 2. The predicted molar refractivity (Wildman–Crippen MR) is 109 cm³/mol. The zero-order valence-electron chi connectivity index (χ0n) is 17.7. The van der Waals surface area contributed by atoms with Gasteiger partial charge in [-0.3, -0.25) is 9.69 Å². The molecule has 1 aromatic heterocycles. The number of fused-ring (bicyclic) bond motifs is 1. The number of amides is 2. The lowest BCUT2D eigenvalue weighted by molar-refractivity contribution is -0.115. The van der Waals surface area contributed by atoms with E-state index in [9.17, 15) is 9.59 Å². The topological polar surface area (TPSA) is 85.7 Å². The maximum absolute atomic E-state index is 12.3. The molecule has 2 atom stereocenters. The Morgan fingerprint density at radius 2 is 2.00 bits per heavy atom. The Labute approximate surface area is 170 Å². The van der Waals surface area contributed by atoms with Crippen LogP contribution in [0.3, 0.4) is 0 Å². The van der Waals surface area contributed by atoms with Crippen LogP contribution in [0.15, 0.2) is 30.5 Å². The fraction of sp³-hybridized carbons (Fsp3) is 0.476. The number of hydrogen-bond donors (Lipinski definition) is 1. The van der Waals surface area contributed by atoms with Gasteiger partial charge in [0.15, 0.2) is 6.23 Å². The van der Waals surface area contributed by atoms with Gasteiger partial charge in [0.05, 0.1) is 12.1 Å². The lowest BCUT2D eigenvalue weighted by Gasteiger charge is -2.30. The van der Waals surface area contributed by atoms with Gasteiger partial charge in [-0.25, -0.2) is 9.48 Å². The van der Waals surface area contributed by atoms with Gasteiger partial charge in [0.25, 0.3) is 0 Å². The van der Waals surface area contributed by atoms with E-state index in [4.69, 9.17) is 9.47 Å². The molecule has 0 saturated carbocycles. The van der Waals surface area contributed by atoms with E-state index in [1.54, 1.807) is 24.9 Å². The fourth-order valence-electron chi connectivity index (χ4n) is 3.14. The Hall–Kier alpha value is -2.87. The lowest BCUT2D eigenvalue weighted by Crippen LogP contribution is -2.41. The van der Waals surface area contributed by atoms with Crippen LogP contribution in [0.4, 0.5) is 10.5 Å². The highest BCUT2D eigenvalue weighted by Crippen LogP contribution is 2.30. The molecule has 0 spiro atoms. The lowest BCUT2D eigenvalue weighted by atomic mass is 10.1. The van der Waals surface area contributed by atoms with Crippen molar-refractivity contribution in [2.45, 2.75) is 59.1 Å². The summed E-state index contributed by atoms with van der Waals surface area (Å²) in [5.41, 5.74) is 3.05. The smallest absolute Gasteiger partial charge is 0.412 e. The van der Waals surface area contributed by atoms with Crippen molar-refractivity contribution in [3.05, 3.63) is 36.0 Å². The van der Waals surface area contributed by atoms with Crippen LogP contribution in [0.5, 0.6) is 0 Å². The molecule has 1 aliphatic rings. The van der Waals surface area contributed by atoms with Crippen LogP contribution >= 0.6 is 0 Å². The Morgan fingerprint density at radius 3 is 2.69 bits per heavy atom. The Bertz CT molecular complexity index is 916. The van der Waals surface area contributed by atoms with Gasteiger partial charge in [0.1, 0.15) is 11.8 Å². The molecule has 0 radical (unpaired) electrons. The maximum Gasteiger partial charge on any atom is 0.412 e. The van der Waals surface area contributed by atoms with Crippen molar-refractivity contribution < 1.29 is 19.1 Å². The van der Waals surface area contributed by atoms with Crippen LogP contribution in [0.2, 0.25) is 0 Å². The van der Waals surface area contributed by atoms with Gasteiger partial charge in [-0.05, 0) is 58.4 Å². The zero-order chi connectivity index (χ0) is 21.3. The van der Waals surface area contributed by atoms with Gasteiger partial charge in [0.2, 0.25) is 5.91 Å². The van der Waals surface area contributed by atoms with E-state index in [1.807, 2.05) is 52.0 Å². The van der Waals surface area contributed by atoms with Crippen molar-refractivity contribution in [2.75, 3.05) is 12.4 Å². The maximum atomic E-state index is 12.3. The van der Waals surface area contributed by atoms with Crippen LogP contribution in [-0.2, 0) is 20.7 Å². The second-order valence-corrected chi connectivity index (χ2v) is 8.18. The van der Waals surface area contributed by atoms with Crippen LogP contribution in [0, 0.1) is 0 Å². The minimum atomic E-state index is -0.574. The first kappa shape index (κ1) is 20.9. The molecule has 29 heavy (non-hydrogen) atoms. The van der Waals surface area contributed by atoms with Gasteiger partial charge >= 0.3 is 6.09 Å². The largest absolute Gasteiger partial charge is 0.444 e. The molecular formula is C21H28N4O4. The average molecular weight is 400 g/mol. The summed E-state index contributed by atoms with van der Waals surface area (Å²) >= 11 is 0. The first-order chi connectivity index (χ1) is 13.5. The Kier molecular flexibility index (Phi) is 5.66. The third-order valence-corrected chi connectivity index (χ3v) is 4.66. The van der Waals surface area contributed by atoms with Crippen LogP contribution in [0.25, 0.3) is 11.3 Å². The molecule has 2 amide bonds. The van der Waals surface area contributed by atoms with E-state index in [0.29, 0.717) is 6.42 Å². The number of nitrogens with zero attached hydrogens (tertiary/aromatic N) is 3. The second-order valence-electron chi connectivity index (χ2n) is 8.18. The molecule has 2 heterocycles. The molecule has 1 aliphatic heterocycles. The first-order valence-corrected chi connectivity index (χ1v) is 9.63. The number of aromatic nitrogens is 2. The van der Waals surface area contributed by atoms with E-state index < -0.39 is 24.2 Å². The second kappa shape index (κ2) is 7.87. The van der Waals surface area contributed by atoms with Gasteiger partial charge in [-0.15, -0.1) is 0 Å². The van der Waals surface area contributed by atoms with Crippen LogP contribution < -0.4 is 5.32 Å². The van der Waals surface area contributed by atoms with Crippen molar-refractivity contribution in [1.82, 2.24) is 14.7 Å². The molecule has 1 N–H and O–H groups in total. The van der Waals surface area contributed by atoms with Gasteiger partial charge in [-0.2, -0.15) is 5.10 Å². The molecule has 0 fully saturated rings. The fourth-order valence-corrected chi connectivity index (χ4v) is 3.14. The number of anilines is 1. The molecule has 0 aliphatic carbocycles.